The molecule has 0 bridgehead atoms. The van der Waals surface area contributed by atoms with Gasteiger partial charge in [0.25, 0.3) is 5.91 Å². The largest absolute Gasteiger partial charge is 0.393 e. The Morgan fingerprint density at radius 2 is 1.94 bits per heavy atom. The second-order valence-electron chi connectivity index (χ2n) is 6.14. The van der Waals surface area contributed by atoms with Crippen molar-refractivity contribution in [3.05, 3.63) is 0 Å². The van der Waals surface area contributed by atoms with E-state index in [0.717, 1.165) is 12.8 Å². The van der Waals surface area contributed by atoms with Crippen molar-refractivity contribution in [2.75, 3.05) is 6.54 Å². The molecule has 100 valence electrons. The van der Waals surface area contributed by atoms with Crippen LogP contribution in [0.3, 0.4) is 0 Å². The van der Waals surface area contributed by atoms with Crippen molar-refractivity contribution >= 4 is 5.91 Å². The smallest absolute Gasteiger partial charge is 0.251 e. The first kappa shape index (κ1) is 14.5. The van der Waals surface area contributed by atoms with Crippen molar-refractivity contribution in [3.8, 4) is 0 Å². The lowest BCUT2D eigenvalue weighted by molar-refractivity contribution is -0.139. The minimum Gasteiger partial charge on any atom is -0.393 e. The number of hydrogen-bond acceptors (Lipinski definition) is 3. The van der Waals surface area contributed by atoms with Crippen LogP contribution in [0.15, 0.2) is 0 Å². The minimum absolute atomic E-state index is 0.154. The summed E-state index contributed by atoms with van der Waals surface area (Å²) in [6.45, 7) is 6.23. The predicted octanol–water partition coefficient (Wildman–Crippen LogP) is 1.20. The van der Waals surface area contributed by atoms with Gasteiger partial charge in [-0.05, 0) is 44.4 Å². The molecule has 1 aliphatic rings. The van der Waals surface area contributed by atoms with Gasteiger partial charge in [-0.15, -0.1) is 0 Å². The molecule has 0 aliphatic heterocycles. The van der Waals surface area contributed by atoms with E-state index in [-0.39, 0.29) is 17.4 Å². The zero-order valence-electron chi connectivity index (χ0n) is 11.1. The van der Waals surface area contributed by atoms with Gasteiger partial charge in [0.1, 0.15) is 5.60 Å². The molecule has 0 saturated heterocycles. The van der Waals surface area contributed by atoms with Crippen molar-refractivity contribution in [2.45, 2.75) is 64.6 Å². The Bertz CT molecular complexity index is 268. The molecule has 0 spiro atoms. The van der Waals surface area contributed by atoms with E-state index in [1.54, 1.807) is 6.92 Å². The normalized spacial score (nSPS) is 21.2. The molecule has 4 heteroatoms. The van der Waals surface area contributed by atoms with Gasteiger partial charge in [0, 0.05) is 6.54 Å². The fourth-order valence-corrected chi connectivity index (χ4v) is 2.54. The molecule has 1 amide bonds. The van der Waals surface area contributed by atoms with Gasteiger partial charge in [-0.3, -0.25) is 4.79 Å². The molecule has 1 saturated carbocycles. The third kappa shape index (κ3) is 4.28. The molecule has 4 nitrogen and oxygen atoms in total. The number of nitrogens with one attached hydrogen (secondary N) is 1. The van der Waals surface area contributed by atoms with E-state index in [2.05, 4.69) is 5.32 Å². The van der Waals surface area contributed by atoms with Crippen LogP contribution < -0.4 is 5.32 Å². The molecule has 17 heavy (non-hydrogen) atoms. The molecule has 1 fully saturated rings. The first-order valence-corrected chi connectivity index (χ1v) is 6.44. The van der Waals surface area contributed by atoms with Gasteiger partial charge in [-0.1, -0.05) is 13.8 Å². The number of aliphatic hydroxyl groups is 2. The number of rotatable bonds is 5. The highest BCUT2D eigenvalue weighted by molar-refractivity contribution is 5.85. The summed E-state index contributed by atoms with van der Waals surface area (Å²) in [5, 5.41) is 22.2. The third-order valence-electron chi connectivity index (χ3n) is 3.43. The van der Waals surface area contributed by atoms with Gasteiger partial charge in [-0.2, -0.15) is 0 Å². The zero-order chi connectivity index (χ0) is 13.1. The van der Waals surface area contributed by atoms with Crippen LogP contribution in [-0.2, 0) is 4.79 Å². The zero-order valence-corrected chi connectivity index (χ0v) is 11.1. The molecule has 1 aliphatic carbocycles. The Balaban J connectivity index is 2.42. The summed E-state index contributed by atoms with van der Waals surface area (Å²) in [5.41, 5.74) is -1.31. The Kier molecular flexibility index (Phi) is 4.55. The second-order valence-corrected chi connectivity index (χ2v) is 6.14. The highest BCUT2D eigenvalue weighted by Crippen LogP contribution is 2.30. The molecule has 0 radical (unpaired) electrons. The van der Waals surface area contributed by atoms with E-state index >= 15 is 0 Å². The van der Waals surface area contributed by atoms with Crippen molar-refractivity contribution in [3.63, 3.8) is 0 Å². The first-order chi connectivity index (χ1) is 7.75. The predicted molar refractivity (Wildman–Crippen MR) is 66.5 cm³/mol. The summed E-state index contributed by atoms with van der Waals surface area (Å²) in [7, 11) is 0. The summed E-state index contributed by atoms with van der Waals surface area (Å²) >= 11 is 0. The van der Waals surface area contributed by atoms with E-state index in [4.69, 9.17) is 0 Å². The van der Waals surface area contributed by atoms with E-state index < -0.39 is 5.60 Å². The topological polar surface area (TPSA) is 69.6 Å². The number of hydrogen-bond donors (Lipinski definition) is 3. The van der Waals surface area contributed by atoms with E-state index in [1.807, 2.05) is 13.8 Å². The minimum atomic E-state index is -1.15. The van der Waals surface area contributed by atoms with Gasteiger partial charge in [0.15, 0.2) is 0 Å². The number of aliphatic hydroxyl groups excluding tert-OH is 1. The van der Waals surface area contributed by atoms with Crippen molar-refractivity contribution in [1.82, 2.24) is 5.32 Å². The molecule has 3 N–H and O–H groups in total. The molecule has 0 aromatic carbocycles. The Hall–Kier alpha value is -0.610. The lowest BCUT2D eigenvalue weighted by atomic mass is 9.86. The standard InChI is InChI=1S/C13H25NO3/c1-10(15)8-12(2,3)9-14-11(16)13(17)6-4-5-7-13/h10,15,17H,4-9H2,1-3H3,(H,14,16). The van der Waals surface area contributed by atoms with Crippen LogP contribution in [0.2, 0.25) is 0 Å². The van der Waals surface area contributed by atoms with Crippen LogP contribution in [0.5, 0.6) is 0 Å². The van der Waals surface area contributed by atoms with Crippen LogP contribution >= 0.6 is 0 Å². The fourth-order valence-electron chi connectivity index (χ4n) is 2.54. The first-order valence-electron chi connectivity index (χ1n) is 6.44. The maximum atomic E-state index is 11.9. The van der Waals surface area contributed by atoms with Crippen molar-refractivity contribution in [1.29, 1.82) is 0 Å². The summed E-state index contributed by atoms with van der Waals surface area (Å²) in [5.74, 6) is -0.256. The monoisotopic (exact) mass is 243 g/mol. The summed E-state index contributed by atoms with van der Waals surface area (Å²) in [4.78, 5) is 11.9. The molecule has 1 unspecified atom stereocenters. The van der Waals surface area contributed by atoms with Crippen LogP contribution in [0.1, 0.15) is 52.9 Å². The van der Waals surface area contributed by atoms with Gasteiger partial charge in [-0.25, -0.2) is 0 Å². The maximum Gasteiger partial charge on any atom is 0.251 e. The van der Waals surface area contributed by atoms with Gasteiger partial charge in [0.2, 0.25) is 0 Å². The SMILES string of the molecule is CC(O)CC(C)(C)CNC(=O)C1(O)CCCC1. The fraction of sp³-hybridized carbons (Fsp3) is 0.923. The Morgan fingerprint density at radius 3 is 2.41 bits per heavy atom. The quantitative estimate of drug-likeness (QED) is 0.679. The van der Waals surface area contributed by atoms with Gasteiger partial charge < -0.3 is 15.5 Å². The molecule has 0 aromatic rings. The highest BCUT2D eigenvalue weighted by atomic mass is 16.3. The summed E-state index contributed by atoms with van der Waals surface area (Å²) in [6.07, 6.45) is 3.22. The molecular weight excluding hydrogens is 218 g/mol. The number of carbonyl (C=O) groups is 1. The van der Waals surface area contributed by atoms with E-state index in [0.29, 0.717) is 25.8 Å². The summed E-state index contributed by atoms with van der Waals surface area (Å²) < 4.78 is 0. The molecular formula is C13H25NO3. The van der Waals surface area contributed by atoms with Crippen molar-refractivity contribution < 1.29 is 15.0 Å². The third-order valence-corrected chi connectivity index (χ3v) is 3.43. The van der Waals surface area contributed by atoms with Gasteiger partial charge >= 0.3 is 0 Å². The van der Waals surface area contributed by atoms with Crippen LogP contribution in [0, 0.1) is 5.41 Å². The molecule has 0 heterocycles. The number of carbonyl (C=O) groups excluding carboxylic acids is 1. The highest BCUT2D eigenvalue weighted by Gasteiger charge is 2.39. The molecule has 0 aromatic heterocycles. The second kappa shape index (κ2) is 5.36. The molecule has 1 rings (SSSR count). The van der Waals surface area contributed by atoms with E-state index in [9.17, 15) is 15.0 Å². The Labute approximate surface area is 103 Å². The lowest BCUT2D eigenvalue weighted by Crippen LogP contribution is -2.47. The van der Waals surface area contributed by atoms with Crippen LogP contribution in [0.4, 0.5) is 0 Å². The Morgan fingerprint density at radius 1 is 1.41 bits per heavy atom. The summed E-state index contributed by atoms with van der Waals surface area (Å²) in [6, 6.07) is 0. The molecule has 1 atom stereocenters. The van der Waals surface area contributed by atoms with Crippen molar-refractivity contribution in [2.24, 2.45) is 5.41 Å². The maximum absolute atomic E-state index is 11.9. The van der Waals surface area contributed by atoms with Crippen LogP contribution in [-0.4, -0.2) is 34.4 Å². The average Bonchev–Trinajstić information content (AvgIpc) is 2.61. The number of amides is 1. The van der Waals surface area contributed by atoms with E-state index in [1.165, 1.54) is 0 Å². The van der Waals surface area contributed by atoms with Crippen LogP contribution in [0.25, 0.3) is 0 Å². The lowest BCUT2D eigenvalue weighted by Gasteiger charge is -2.29. The average molecular weight is 243 g/mol. The van der Waals surface area contributed by atoms with Gasteiger partial charge in [0.05, 0.1) is 6.10 Å².